The van der Waals surface area contributed by atoms with Crippen LogP contribution >= 0.6 is 23.1 Å². The zero-order valence-corrected chi connectivity index (χ0v) is 14.6. The molecule has 0 spiro atoms. The number of rotatable bonds is 6. The summed E-state index contributed by atoms with van der Waals surface area (Å²) >= 11 is 2.57. The highest BCUT2D eigenvalue weighted by Gasteiger charge is 2.11. The molecule has 9 nitrogen and oxygen atoms in total. The van der Waals surface area contributed by atoms with E-state index >= 15 is 0 Å². The first-order chi connectivity index (χ1) is 12.0. The minimum atomic E-state index is -0.453. The van der Waals surface area contributed by atoms with Gasteiger partial charge in [0.1, 0.15) is 6.33 Å². The molecule has 0 atom stereocenters. The Morgan fingerprint density at radius 1 is 1.40 bits per heavy atom. The standard InChI is InChI=1S/C14H12N6O3S2/c1-19-8-15-18-14(19)25-7-12(21)17-13-16-11(6-24-13)9-2-4-10(5-3-9)20(22)23/h2-6,8H,7H2,1H3,(H,16,17,21). The van der Waals surface area contributed by atoms with Crippen LogP contribution in [0, 0.1) is 10.1 Å². The number of aryl methyl sites for hydroxylation is 1. The SMILES string of the molecule is Cn1cnnc1SCC(=O)Nc1nc(-c2ccc([N+](=O)[O-])cc2)cs1. The number of nitro groups is 1. The van der Waals surface area contributed by atoms with Crippen molar-refractivity contribution in [3.63, 3.8) is 0 Å². The monoisotopic (exact) mass is 376 g/mol. The summed E-state index contributed by atoms with van der Waals surface area (Å²) in [6.45, 7) is 0. The van der Waals surface area contributed by atoms with E-state index < -0.39 is 4.92 Å². The molecule has 1 aromatic carbocycles. The van der Waals surface area contributed by atoms with Gasteiger partial charge in [0.2, 0.25) is 5.91 Å². The van der Waals surface area contributed by atoms with Crippen LogP contribution in [0.4, 0.5) is 10.8 Å². The smallest absolute Gasteiger partial charge is 0.269 e. The molecule has 0 aliphatic carbocycles. The van der Waals surface area contributed by atoms with E-state index in [1.807, 2.05) is 0 Å². The second-order valence-electron chi connectivity index (χ2n) is 4.90. The number of anilines is 1. The van der Waals surface area contributed by atoms with Gasteiger partial charge < -0.3 is 9.88 Å². The average Bonchev–Trinajstić information content (AvgIpc) is 3.22. The molecule has 11 heteroatoms. The molecule has 0 saturated carbocycles. The molecule has 0 aliphatic heterocycles. The Balaban J connectivity index is 1.60. The van der Waals surface area contributed by atoms with Crippen LogP contribution in [0.2, 0.25) is 0 Å². The van der Waals surface area contributed by atoms with Gasteiger partial charge in [-0.05, 0) is 12.1 Å². The van der Waals surface area contributed by atoms with Crippen LogP contribution in [0.1, 0.15) is 0 Å². The normalized spacial score (nSPS) is 10.6. The van der Waals surface area contributed by atoms with Crippen molar-refractivity contribution in [3.8, 4) is 11.3 Å². The van der Waals surface area contributed by atoms with Crippen LogP contribution in [0.15, 0.2) is 41.1 Å². The van der Waals surface area contributed by atoms with Crippen molar-refractivity contribution in [2.75, 3.05) is 11.1 Å². The van der Waals surface area contributed by atoms with E-state index in [9.17, 15) is 14.9 Å². The maximum atomic E-state index is 12.0. The summed E-state index contributed by atoms with van der Waals surface area (Å²) in [5.41, 5.74) is 1.42. The Morgan fingerprint density at radius 3 is 2.80 bits per heavy atom. The Bertz CT molecular complexity index is 905. The minimum Gasteiger partial charge on any atom is -0.312 e. The Morgan fingerprint density at radius 2 is 2.16 bits per heavy atom. The van der Waals surface area contributed by atoms with Crippen molar-refractivity contribution in [3.05, 3.63) is 46.1 Å². The summed E-state index contributed by atoms with van der Waals surface area (Å²) in [7, 11) is 1.80. The molecule has 1 N–H and O–H groups in total. The molecule has 0 radical (unpaired) electrons. The first-order valence-electron chi connectivity index (χ1n) is 7.00. The molecular formula is C14H12N6O3S2. The maximum Gasteiger partial charge on any atom is 0.269 e. The van der Waals surface area contributed by atoms with Gasteiger partial charge in [0.25, 0.3) is 5.69 Å². The van der Waals surface area contributed by atoms with E-state index in [1.165, 1.54) is 35.2 Å². The first-order valence-corrected chi connectivity index (χ1v) is 8.86. The van der Waals surface area contributed by atoms with Gasteiger partial charge in [-0.3, -0.25) is 14.9 Å². The summed E-state index contributed by atoms with van der Waals surface area (Å²) in [6, 6.07) is 6.10. The number of thioether (sulfide) groups is 1. The van der Waals surface area contributed by atoms with Gasteiger partial charge in [-0.2, -0.15) is 0 Å². The molecule has 128 valence electrons. The largest absolute Gasteiger partial charge is 0.312 e. The van der Waals surface area contributed by atoms with Crippen LogP contribution in [0.3, 0.4) is 0 Å². The van der Waals surface area contributed by atoms with Gasteiger partial charge in [0.05, 0.1) is 16.4 Å². The lowest BCUT2D eigenvalue weighted by Crippen LogP contribution is -2.14. The highest BCUT2D eigenvalue weighted by atomic mass is 32.2. The van der Waals surface area contributed by atoms with E-state index in [1.54, 1.807) is 35.5 Å². The van der Waals surface area contributed by atoms with E-state index in [-0.39, 0.29) is 17.3 Å². The molecule has 0 fully saturated rings. The van der Waals surface area contributed by atoms with Gasteiger partial charge in [0.15, 0.2) is 10.3 Å². The summed E-state index contributed by atoms with van der Waals surface area (Å²) in [5.74, 6) is -0.00324. The summed E-state index contributed by atoms with van der Waals surface area (Å²) in [6.07, 6.45) is 1.57. The second kappa shape index (κ2) is 7.40. The summed E-state index contributed by atoms with van der Waals surface area (Å²) in [4.78, 5) is 26.5. The summed E-state index contributed by atoms with van der Waals surface area (Å²) in [5, 5.41) is 23.9. The highest BCUT2D eigenvalue weighted by molar-refractivity contribution is 7.99. The summed E-state index contributed by atoms with van der Waals surface area (Å²) < 4.78 is 1.73. The van der Waals surface area contributed by atoms with Crippen molar-refractivity contribution in [1.29, 1.82) is 0 Å². The van der Waals surface area contributed by atoms with E-state index in [4.69, 9.17) is 0 Å². The average molecular weight is 376 g/mol. The second-order valence-corrected chi connectivity index (χ2v) is 6.70. The van der Waals surface area contributed by atoms with Crippen molar-refractivity contribution in [1.82, 2.24) is 19.7 Å². The number of benzene rings is 1. The fourth-order valence-corrected chi connectivity index (χ4v) is 3.33. The molecule has 0 saturated heterocycles. The molecule has 1 amide bonds. The maximum absolute atomic E-state index is 12.0. The van der Waals surface area contributed by atoms with Crippen LogP contribution in [-0.2, 0) is 11.8 Å². The number of non-ortho nitro benzene ring substituents is 1. The Labute approximate surface area is 150 Å². The third-order valence-electron chi connectivity index (χ3n) is 3.13. The van der Waals surface area contributed by atoms with Crippen LogP contribution in [0.25, 0.3) is 11.3 Å². The molecule has 0 unspecified atom stereocenters. The van der Waals surface area contributed by atoms with Gasteiger partial charge >= 0.3 is 0 Å². The number of aromatic nitrogens is 4. The molecule has 3 rings (SSSR count). The van der Waals surface area contributed by atoms with Crippen LogP contribution < -0.4 is 5.32 Å². The number of amides is 1. The number of nitrogens with zero attached hydrogens (tertiary/aromatic N) is 5. The molecule has 0 bridgehead atoms. The Kier molecular flexibility index (Phi) is 5.05. The predicted octanol–water partition coefficient (Wildman–Crippen LogP) is 2.58. The van der Waals surface area contributed by atoms with Gasteiger partial charge in [-0.25, -0.2) is 4.98 Å². The van der Waals surface area contributed by atoms with Crippen molar-refractivity contribution in [2.24, 2.45) is 7.05 Å². The fourth-order valence-electron chi connectivity index (χ4n) is 1.91. The third kappa shape index (κ3) is 4.19. The van der Waals surface area contributed by atoms with E-state index in [0.29, 0.717) is 16.0 Å². The number of nitro benzene ring substituents is 1. The van der Waals surface area contributed by atoms with Crippen LogP contribution in [0.5, 0.6) is 0 Å². The number of nitrogens with one attached hydrogen (secondary N) is 1. The zero-order valence-electron chi connectivity index (χ0n) is 12.9. The van der Waals surface area contributed by atoms with Crippen molar-refractivity contribution < 1.29 is 9.72 Å². The fraction of sp³-hybridized carbons (Fsp3) is 0.143. The lowest BCUT2D eigenvalue weighted by atomic mass is 10.1. The van der Waals surface area contributed by atoms with E-state index in [0.717, 1.165) is 5.56 Å². The topological polar surface area (TPSA) is 116 Å². The van der Waals surface area contributed by atoms with Gasteiger partial charge in [-0.15, -0.1) is 21.5 Å². The quantitative estimate of drug-likeness (QED) is 0.399. The molecular weight excluding hydrogens is 364 g/mol. The van der Waals surface area contributed by atoms with Crippen molar-refractivity contribution >= 4 is 39.8 Å². The molecule has 25 heavy (non-hydrogen) atoms. The number of hydrogen-bond donors (Lipinski definition) is 1. The predicted molar refractivity (Wildman–Crippen MR) is 94.6 cm³/mol. The Hall–Kier alpha value is -2.79. The zero-order chi connectivity index (χ0) is 17.8. The van der Waals surface area contributed by atoms with E-state index in [2.05, 4.69) is 20.5 Å². The molecule has 0 aliphatic rings. The minimum absolute atomic E-state index is 0.0216. The first kappa shape index (κ1) is 17.0. The number of carbonyl (C=O) groups is 1. The molecule has 3 aromatic rings. The third-order valence-corrected chi connectivity index (χ3v) is 4.92. The van der Waals surface area contributed by atoms with Crippen molar-refractivity contribution in [2.45, 2.75) is 5.16 Å². The number of thiazole rings is 1. The van der Waals surface area contributed by atoms with Crippen LogP contribution in [-0.4, -0.2) is 36.3 Å². The lowest BCUT2D eigenvalue weighted by molar-refractivity contribution is -0.384. The van der Waals surface area contributed by atoms with Gasteiger partial charge in [0, 0.05) is 30.1 Å². The highest BCUT2D eigenvalue weighted by Crippen LogP contribution is 2.26. The lowest BCUT2D eigenvalue weighted by Gasteiger charge is -2.01. The molecule has 2 aromatic heterocycles. The molecule has 2 heterocycles. The number of hydrogen-bond acceptors (Lipinski definition) is 8. The van der Waals surface area contributed by atoms with Gasteiger partial charge in [-0.1, -0.05) is 11.8 Å². The number of carbonyl (C=O) groups excluding carboxylic acids is 1.